The minimum absolute atomic E-state index is 0.313. The summed E-state index contributed by atoms with van der Waals surface area (Å²) in [4.78, 5) is 24.9. The zero-order valence-corrected chi connectivity index (χ0v) is 16.7. The summed E-state index contributed by atoms with van der Waals surface area (Å²) in [6.07, 6.45) is 0. The van der Waals surface area contributed by atoms with Crippen LogP contribution >= 0.6 is 38.9 Å². The molecule has 0 saturated carbocycles. The molecule has 0 aliphatic carbocycles. The molecule has 0 radical (unpaired) electrons. The molecule has 26 heavy (non-hydrogen) atoms. The van der Waals surface area contributed by atoms with E-state index in [0.29, 0.717) is 31.2 Å². The van der Waals surface area contributed by atoms with Crippen molar-refractivity contribution in [3.63, 3.8) is 0 Å². The number of nitrogens with one attached hydrogen (secondary N) is 1. The molecule has 1 aromatic heterocycles. The molecule has 2 aromatic carbocycles. The lowest BCUT2D eigenvalue weighted by molar-refractivity contribution is 0.0603. The Bertz CT molecular complexity index is 969. The lowest BCUT2D eigenvalue weighted by Crippen LogP contribution is -2.14. The molecule has 0 atom stereocenters. The molecule has 1 N–H and O–H groups in total. The van der Waals surface area contributed by atoms with Gasteiger partial charge in [0.15, 0.2) is 0 Å². The Morgan fingerprint density at radius 1 is 1.12 bits per heavy atom. The van der Waals surface area contributed by atoms with Crippen LogP contribution in [0.15, 0.2) is 58.4 Å². The molecule has 0 bridgehead atoms. The molecule has 4 nitrogen and oxygen atoms in total. The lowest BCUT2D eigenvalue weighted by Gasteiger charge is -2.09. The highest BCUT2D eigenvalue weighted by Gasteiger charge is 2.23. The van der Waals surface area contributed by atoms with Crippen LogP contribution in [-0.2, 0) is 4.74 Å². The van der Waals surface area contributed by atoms with E-state index in [1.807, 2.05) is 23.6 Å². The number of ether oxygens (including phenoxy) is 1. The molecule has 3 rings (SSSR count). The van der Waals surface area contributed by atoms with Crippen molar-refractivity contribution in [2.45, 2.75) is 0 Å². The quantitative estimate of drug-likeness (QED) is 0.506. The van der Waals surface area contributed by atoms with Crippen LogP contribution in [0.1, 0.15) is 20.7 Å². The summed E-state index contributed by atoms with van der Waals surface area (Å²) in [5.74, 6) is -0.828. The molecule has 0 unspecified atom stereocenters. The fourth-order valence-corrected chi connectivity index (χ4v) is 3.96. The van der Waals surface area contributed by atoms with Crippen LogP contribution in [0.4, 0.5) is 5.00 Å². The Balaban J connectivity index is 2.00. The maximum absolute atomic E-state index is 12.6. The van der Waals surface area contributed by atoms with Crippen molar-refractivity contribution in [2.24, 2.45) is 0 Å². The van der Waals surface area contributed by atoms with Crippen LogP contribution in [-0.4, -0.2) is 19.0 Å². The van der Waals surface area contributed by atoms with Crippen molar-refractivity contribution in [1.82, 2.24) is 0 Å². The largest absolute Gasteiger partial charge is 0.465 e. The van der Waals surface area contributed by atoms with Crippen molar-refractivity contribution in [3.8, 4) is 11.1 Å². The van der Waals surface area contributed by atoms with Gasteiger partial charge in [0, 0.05) is 20.4 Å². The van der Waals surface area contributed by atoms with E-state index in [1.54, 1.807) is 30.3 Å². The van der Waals surface area contributed by atoms with Crippen molar-refractivity contribution in [2.75, 3.05) is 12.4 Å². The number of hydrogen-bond acceptors (Lipinski definition) is 4. The first-order valence-corrected chi connectivity index (χ1v) is 9.58. The number of rotatable bonds is 4. The van der Waals surface area contributed by atoms with Crippen LogP contribution in [0, 0.1) is 0 Å². The average molecular weight is 451 g/mol. The summed E-state index contributed by atoms with van der Waals surface area (Å²) < 4.78 is 5.59. The maximum Gasteiger partial charge on any atom is 0.341 e. The van der Waals surface area contributed by atoms with Gasteiger partial charge in [-0.1, -0.05) is 35.9 Å². The Hall–Kier alpha value is -2.15. The predicted octanol–water partition coefficient (Wildman–Crippen LogP) is 5.87. The minimum atomic E-state index is -0.515. The zero-order valence-electron chi connectivity index (χ0n) is 13.6. The zero-order chi connectivity index (χ0) is 18.7. The number of esters is 1. The normalized spacial score (nSPS) is 10.4. The first kappa shape index (κ1) is 18.6. The molecule has 0 aliphatic heterocycles. The highest BCUT2D eigenvalue weighted by molar-refractivity contribution is 9.10. The molecule has 0 saturated heterocycles. The van der Waals surface area contributed by atoms with Gasteiger partial charge in [-0.3, -0.25) is 4.79 Å². The van der Waals surface area contributed by atoms with Gasteiger partial charge in [-0.15, -0.1) is 11.3 Å². The molecule has 0 fully saturated rings. The molecule has 132 valence electrons. The molecule has 7 heteroatoms. The third kappa shape index (κ3) is 3.82. The molecular weight excluding hydrogens is 438 g/mol. The third-order valence-electron chi connectivity index (χ3n) is 3.68. The van der Waals surface area contributed by atoms with Gasteiger partial charge in [-0.25, -0.2) is 4.79 Å². The van der Waals surface area contributed by atoms with E-state index >= 15 is 0 Å². The Morgan fingerprint density at radius 2 is 1.81 bits per heavy atom. The number of halogens is 2. The first-order valence-electron chi connectivity index (χ1n) is 7.53. The van der Waals surface area contributed by atoms with E-state index in [-0.39, 0.29) is 5.91 Å². The number of thiophene rings is 1. The molecular formula is C19H13BrClNO3S. The minimum Gasteiger partial charge on any atom is -0.465 e. The topological polar surface area (TPSA) is 55.4 Å². The van der Waals surface area contributed by atoms with Gasteiger partial charge in [0.1, 0.15) is 10.6 Å². The van der Waals surface area contributed by atoms with Gasteiger partial charge < -0.3 is 10.1 Å². The number of hydrogen-bond donors (Lipinski definition) is 1. The predicted molar refractivity (Wildman–Crippen MR) is 108 cm³/mol. The number of amides is 1. The maximum atomic E-state index is 12.6. The van der Waals surface area contributed by atoms with E-state index < -0.39 is 5.97 Å². The summed E-state index contributed by atoms with van der Waals surface area (Å²) in [5, 5.41) is 5.65. The number of carbonyl (C=O) groups is 2. The summed E-state index contributed by atoms with van der Waals surface area (Å²) >= 11 is 10.6. The molecule has 1 amide bonds. The van der Waals surface area contributed by atoms with Gasteiger partial charge in [0.25, 0.3) is 5.91 Å². The van der Waals surface area contributed by atoms with Crippen molar-refractivity contribution >= 4 is 55.7 Å². The van der Waals surface area contributed by atoms with Gasteiger partial charge in [0.2, 0.25) is 0 Å². The van der Waals surface area contributed by atoms with Gasteiger partial charge in [0.05, 0.1) is 12.7 Å². The van der Waals surface area contributed by atoms with Crippen molar-refractivity contribution in [1.29, 1.82) is 0 Å². The number of anilines is 1. The second-order valence-electron chi connectivity index (χ2n) is 5.29. The van der Waals surface area contributed by atoms with Gasteiger partial charge in [-0.05, 0) is 45.8 Å². The third-order valence-corrected chi connectivity index (χ3v) is 5.52. The van der Waals surface area contributed by atoms with Crippen molar-refractivity contribution < 1.29 is 14.3 Å². The average Bonchev–Trinajstić information content (AvgIpc) is 3.05. The lowest BCUT2D eigenvalue weighted by atomic mass is 10.0. The van der Waals surface area contributed by atoms with Crippen LogP contribution in [0.5, 0.6) is 0 Å². The number of methoxy groups -OCH3 is 1. The smallest absolute Gasteiger partial charge is 0.341 e. The number of carbonyl (C=O) groups excluding carboxylic acids is 2. The standard InChI is InChI=1S/C19H13BrClNO3S/c1-25-19(24)16-14(11-6-8-12(21)9-7-11)10-26-18(16)22-17(23)13-4-2-3-5-15(13)20/h2-10H,1H3,(H,22,23). The molecule has 3 aromatic rings. The van der Waals surface area contributed by atoms with Crippen molar-refractivity contribution in [3.05, 3.63) is 74.5 Å². The fourth-order valence-electron chi connectivity index (χ4n) is 2.41. The first-order chi connectivity index (χ1) is 12.5. The SMILES string of the molecule is COC(=O)c1c(-c2ccc(Cl)cc2)csc1NC(=O)c1ccccc1Br. The van der Waals surface area contributed by atoms with Crippen LogP contribution < -0.4 is 5.32 Å². The van der Waals surface area contributed by atoms with Gasteiger partial charge in [-0.2, -0.15) is 0 Å². The van der Waals surface area contributed by atoms with E-state index in [0.717, 1.165) is 5.56 Å². The highest BCUT2D eigenvalue weighted by atomic mass is 79.9. The second-order valence-corrected chi connectivity index (χ2v) is 7.46. The van der Waals surface area contributed by atoms with E-state index in [1.165, 1.54) is 18.4 Å². The summed E-state index contributed by atoms with van der Waals surface area (Å²) in [7, 11) is 1.31. The van der Waals surface area contributed by atoms with Crippen LogP contribution in [0.2, 0.25) is 5.02 Å². The number of benzene rings is 2. The summed E-state index contributed by atoms with van der Waals surface area (Å²) in [6.45, 7) is 0. The fraction of sp³-hybridized carbons (Fsp3) is 0.0526. The van der Waals surface area contributed by atoms with Crippen LogP contribution in [0.25, 0.3) is 11.1 Å². The van der Waals surface area contributed by atoms with E-state index in [9.17, 15) is 9.59 Å². The Morgan fingerprint density at radius 3 is 2.46 bits per heavy atom. The Kier molecular flexibility index (Phi) is 5.76. The summed E-state index contributed by atoms with van der Waals surface area (Å²) in [6, 6.07) is 14.2. The summed E-state index contributed by atoms with van der Waals surface area (Å²) in [5.41, 5.74) is 2.29. The monoisotopic (exact) mass is 449 g/mol. The molecule has 0 spiro atoms. The van der Waals surface area contributed by atoms with E-state index in [4.69, 9.17) is 16.3 Å². The van der Waals surface area contributed by atoms with Crippen LogP contribution in [0.3, 0.4) is 0 Å². The molecule has 1 heterocycles. The second kappa shape index (κ2) is 8.03. The van der Waals surface area contributed by atoms with E-state index in [2.05, 4.69) is 21.2 Å². The Labute approximate surface area is 167 Å². The molecule has 0 aliphatic rings. The van der Waals surface area contributed by atoms with Gasteiger partial charge >= 0.3 is 5.97 Å². The highest BCUT2D eigenvalue weighted by Crippen LogP contribution is 2.37.